The highest BCUT2D eigenvalue weighted by atomic mass is 32.2. The summed E-state index contributed by atoms with van der Waals surface area (Å²) in [7, 11) is 0. The number of likely N-dealkylation sites (tertiary alicyclic amines) is 1. The van der Waals surface area contributed by atoms with Crippen LogP contribution in [0.2, 0.25) is 0 Å². The molecule has 0 unspecified atom stereocenters. The molecule has 1 aromatic carbocycles. The Morgan fingerprint density at radius 1 is 1.09 bits per heavy atom. The van der Waals surface area contributed by atoms with Crippen LogP contribution >= 0.6 is 23.5 Å². The van der Waals surface area contributed by atoms with Gasteiger partial charge in [0, 0.05) is 25.6 Å². The van der Waals surface area contributed by atoms with Gasteiger partial charge in [-0.15, -0.1) is 0 Å². The summed E-state index contributed by atoms with van der Waals surface area (Å²) in [5.41, 5.74) is 2.17. The number of thioether (sulfide) groups is 2. The smallest absolute Gasteiger partial charge is 0.294 e. The first-order chi connectivity index (χ1) is 16.1. The fraction of sp³-hybridized carbons (Fsp3) is 0.333. The molecule has 2 saturated heterocycles. The zero-order chi connectivity index (χ0) is 22.8. The Hall–Kier alpha value is -2.78. The van der Waals surface area contributed by atoms with Gasteiger partial charge >= 0.3 is 0 Å². The maximum Gasteiger partial charge on any atom is 0.294 e. The number of imide groups is 1. The number of rotatable bonds is 4. The van der Waals surface area contributed by atoms with Crippen molar-refractivity contribution in [2.75, 3.05) is 19.6 Å². The summed E-state index contributed by atoms with van der Waals surface area (Å²) in [6, 6.07) is 11.6. The van der Waals surface area contributed by atoms with Crippen LogP contribution in [0.4, 0.5) is 10.5 Å². The predicted molar refractivity (Wildman–Crippen MR) is 130 cm³/mol. The van der Waals surface area contributed by atoms with Gasteiger partial charge in [-0.1, -0.05) is 31.0 Å². The van der Waals surface area contributed by atoms with Crippen molar-refractivity contribution in [3.05, 3.63) is 52.6 Å². The van der Waals surface area contributed by atoms with Gasteiger partial charge in [0.2, 0.25) is 5.91 Å². The highest BCUT2D eigenvalue weighted by Gasteiger charge is 2.37. The van der Waals surface area contributed by atoms with E-state index >= 15 is 0 Å². The zero-order valence-electron chi connectivity index (χ0n) is 18.0. The van der Waals surface area contributed by atoms with Crippen LogP contribution in [0.15, 0.2) is 55.8 Å². The van der Waals surface area contributed by atoms with E-state index in [0.29, 0.717) is 23.9 Å². The van der Waals surface area contributed by atoms with E-state index in [-0.39, 0.29) is 17.4 Å². The number of carbonyl (C=O) groups is 3. The molecule has 33 heavy (non-hydrogen) atoms. The lowest BCUT2D eigenvalue weighted by Crippen LogP contribution is -2.42. The molecule has 0 atom stereocenters. The minimum Gasteiger partial charge on any atom is -0.450 e. The van der Waals surface area contributed by atoms with Gasteiger partial charge in [-0.05, 0) is 60.1 Å². The van der Waals surface area contributed by atoms with Gasteiger partial charge in [-0.2, -0.15) is 0 Å². The number of nitrogens with zero attached hydrogens (tertiary/aromatic N) is 3. The number of fused-ring (bicyclic) bond motifs is 1. The largest absolute Gasteiger partial charge is 0.450 e. The number of hydrogen-bond donors (Lipinski definition) is 0. The van der Waals surface area contributed by atoms with Gasteiger partial charge in [-0.3, -0.25) is 19.3 Å². The Labute approximate surface area is 200 Å². The van der Waals surface area contributed by atoms with Crippen molar-refractivity contribution in [1.82, 2.24) is 9.80 Å². The van der Waals surface area contributed by atoms with E-state index in [0.717, 1.165) is 59.5 Å². The Morgan fingerprint density at radius 3 is 2.67 bits per heavy atom. The minimum absolute atomic E-state index is 0.171. The van der Waals surface area contributed by atoms with Gasteiger partial charge in [0.15, 0.2) is 5.09 Å². The molecule has 0 aliphatic carbocycles. The first-order valence-corrected chi connectivity index (χ1v) is 12.7. The van der Waals surface area contributed by atoms with E-state index in [9.17, 15) is 14.4 Å². The average molecular weight is 482 g/mol. The second-order valence-electron chi connectivity index (χ2n) is 8.13. The number of amides is 3. The summed E-state index contributed by atoms with van der Waals surface area (Å²) in [5, 5.41) is 1.20. The summed E-state index contributed by atoms with van der Waals surface area (Å²) in [6.07, 6.45) is 6.47. The number of hydrogen-bond acceptors (Lipinski definition) is 7. The van der Waals surface area contributed by atoms with Crippen molar-refractivity contribution in [3.8, 4) is 0 Å². The molecule has 0 radical (unpaired) electrons. The molecule has 0 bridgehead atoms. The molecular weight excluding hydrogens is 458 g/mol. The Kier molecular flexibility index (Phi) is 6.41. The standard InChI is InChI=1S/C24H23N3O4S2/c28-21(26-11-5-1-2-6-12-26)15-27-23(29)19(32-24(27)30)14-17-9-10-22(31-17)33-20-13-16-7-3-4-8-18(16)25-20/h3-4,7-10,14H,1-2,5-6,11-13,15H2. The molecule has 5 rings (SSSR count). The van der Waals surface area contributed by atoms with Crippen molar-refractivity contribution in [3.63, 3.8) is 0 Å². The lowest BCUT2D eigenvalue weighted by molar-refractivity contribution is -0.135. The molecule has 9 heteroatoms. The average Bonchev–Trinajstić information content (AvgIpc) is 3.40. The van der Waals surface area contributed by atoms with Crippen LogP contribution in [0.1, 0.15) is 37.0 Å². The van der Waals surface area contributed by atoms with Gasteiger partial charge in [-0.25, -0.2) is 4.99 Å². The molecule has 2 fully saturated rings. The molecule has 7 nitrogen and oxygen atoms in total. The molecule has 170 valence electrons. The number of aliphatic imine (C=N–C) groups is 1. The topological polar surface area (TPSA) is 83.2 Å². The molecule has 0 spiro atoms. The summed E-state index contributed by atoms with van der Waals surface area (Å²) in [4.78, 5) is 45.5. The van der Waals surface area contributed by atoms with Crippen LogP contribution in [0, 0.1) is 0 Å². The quantitative estimate of drug-likeness (QED) is 0.565. The van der Waals surface area contributed by atoms with Crippen molar-refractivity contribution in [2.24, 2.45) is 4.99 Å². The number of furan rings is 1. The summed E-state index contributed by atoms with van der Waals surface area (Å²) in [6.45, 7) is 1.17. The van der Waals surface area contributed by atoms with Crippen LogP contribution < -0.4 is 0 Å². The highest BCUT2D eigenvalue weighted by molar-refractivity contribution is 8.18. The fourth-order valence-electron chi connectivity index (χ4n) is 4.07. The number of benzene rings is 1. The van der Waals surface area contributed by atoms with Gasteiger partial charge < -0.3 is 9.32 Å². The summed E-state index contributed by atoms with van der Waals surface area (Å²) < 4.78 is 5.85. The summed E-state index contributed by atoms with van der Waals surface area (Å²) in [5.74, 6) is -0.136. The van der Waals surface area contributed by atoms with E-state index in [1.807, 2.05) is 24.3 Å². The highest BCUT2D eigenvalue weighted by Crippen LogP contribution is 2.36. The van der Waals surface area contributed by atoms with E-state index in [1.54, 1.807) is 17.0 Å². The zero-order valence-corrected chi connectivity index (χ0v) is 19.6. The van der Waals surface area contributed by atoms with E-state index in [1.165, 1.54) is 17.3 Å². The van der Waals surface area contributed by atoms with Crippen LogP contribution in [-0.2, 0) is 16.0 Å². The van der Waals surface area contributed by atoms with Crippen molar-refractivity contribution in [2.45, 2.75) is 37.2 Å². The molecular formula is C24H23N3O4S2. The molecule has 2 aromatic rings. The molecule has 3 aliphatic heterocycles. The first-order valence-electron chi connectivity index (χ1n) is 11.0. The third-order valence-corrected chi connectivity index (χ3v) is 7.60. The monoisotopic (exact) mass is 481 g/mol. The Balaban J connectivity index is 1.22. The fourth-order valence-corrected chi connectivity index (χ4v) is 5.77. The van der Waals surface area contributed by atoms with Crippen molar-refractivity contribution in [1.29, 1.82) is 0 Å². The number of para-hydroxylation sites is 1. The molecule has 0 saturated carbocycles. The second-order valence-corrected chi connectivity index (χ2v) is 10.2. The lowest BCUT2D eigenvalue weighted by atomic mass is 10.2. The van der Waals surface area contributed by atoms with Crippen LogP contribution in [0.5, 0.6) is 0 Å². The van der Waals surface area contributed by atoms with Crippen LogP contribution in [0.3, 0.4) is 0 Å². The van der Waals surface area contributed by atoms with Crippen molar-refractivity contribution < 1.29 is 18.8 Å². The van der Waals surface area contributed by atoms with Gasteiger partial charge in [0.25, 0.3) is 11.1 Å². The molecule has 0 N–H and O–H groups in total. The number of carbonyl (C=O) groups excluding carboxylic acids is 3. The predicted octanol–water partition coefficient (Wildman–Crippen LogP) is 5.10. The normalized spacial score (nSPS) is 19.8. The first kappa shape index (κ1) is 22.0. The van der Waals surface area contributed by atoms with E-state index < -0.39 is 11.1 Å². The Bertz CT molecular complexity index is 1160. The molecule has 3 amide bonds. The molecule has 1 aromatic heterocycles. The SMILES string of the molecule is O=C(CN1C(=O)SC(=Cc2ccc(SC3=Nc4ccccc4C3)o2)C1=O)N1CCCCCC1. The van der Waals surface area contributed by atoms with Gasteiger partial charge in [0.1, 0.15) is 12.3 Å². The maximum absolute atomic E-state index is 12.8. The van der Waals surface area contributed by atoms with Gasteiger partial charge in [0.05, 0.1) is 15.6 Å². The van der Waals surface area contributed by atoms with Crippen LogP contribution in [0.25, 0.3) is 6.08 Å². The van der Waals surface area contributed by atoms with Crippen molar-refractivity contribution >= 4 is 57.4 Å². The third kappa shape index (κ3) is 4.94. The third-order valence-electron chi connectivity index (χ3n) is 5.80. The maximum atomic E-state index is 12.8. The second kappa shape index (κ2) is 9.61. The summed E-state index contributed by atoms with van der Waals surface area (Å²) >= 11 is 2.29. The lowest BCUT2D eigenvalue weighted by Gasteiger charge is -2.22. The molecule has 4 heterocycles. The Morgan fingerprint density at radius 2 is 1.88 bits per heavy atom. The van der Waals surface area contributed by atoms with E-state index in [2.05, 4.69) is 11.1 Å². The minimum atomic E-state index is -0.450. The van der Waals surface area contributed by atoms with Crippen LogP contribution in [-0.4, -0.2) is 51.5 Å². The van der Waals surface area contributed by atoms with E-state index in [4.69, 9.17) is 4.42 Å². The molecule has 3 aliphatic rings.